The Labute approximate surface area is 201 Å². The maximum atomic E-state index is 13.4. The van der Waals surface area contributed by atoms with Crippen molar-refractivity contribution in [3.8, 4) is 0 Å². The van der Waals surface area contributed by atoms with E-state index in [1.807, 2.05) is 38.1 Å². The van der Waals surface area contributed by atoms with Gasteiger partial charge in [0.2, 0.25) is 0 Å². The number of nitrogens with one attached hydrogen (secondary N) is 1. The zero-order valence-electron chi connectivity index (χ0n) is 17.4. The first-order chi connectivity index (χ1) is 15.2. The van der Waals surface area contributed by atoms with Gasteiger partial charge < -0.3 is 0 Å². The molecule has 0 heterocycles. The van der Waals surface area contributed by atoms with E-state index in [0.29, 0.717) is 5.02 Å². The largest absolute Gasteiger partial charge is 0.271 e. The van der Waals surface area contributed by atoms with Crippen molar-refractivity contribution in [2.24, 2.45) is 5.10 Å². The van der Waals surface area contributed by atoms with Crippen LogP contribution in [0.15, 0.2) is 81.2 Å². The van der Waals surface area contributed by atoms with E-state index in [0.717, 1.165) is 25.5 Å². The highest BCUT2D eigenvalue weighted by molar-refractivity contribution is 9.10. The van der Waals surface area contributed by atoms with Gasteiger partial charge in [0.1, 0.15) is 6.54 Å². The maximum Gasteiger partial charge on any atom is 0.264 e. The van der Waals surface area contributed by atoms with Gasteiger partial charge in [-0.2, -0.15) is 5.10 Å². The molecule has 3 aromatic carbocycles. The van der Waals surface area contributed by atoms with Gasteiger partial charge in [0.25, 0.3) is 15.9 Å². The highest BCUT2D eigenvalue weighted by atomic mass is 79.9. The lowest BCUT2D eigenvalue weighted by Crippen LogP contribution is -2.39. The molecule has 0 saturated heterocycles. The third-order valence-electron chi connectivity index (χ3n) is 4.64. The molecule has 0 aromatic heterocycles. The van der Waals surface area contributed by atoms with Crippen molar-refractivity contribution < 1.29 is 13.2 Å². The molecular weight excluding hydrogens is 514 g/mol. The molecule has 1 amide bonds. The molecule has 3 rings (SSSR count). The van der Waals surface area contributed by atoms with Crippen molar-refractivity contribution in [1.29, 1.82) is 0 Å². The minimum atomic E-state index is -4.02. The summed E-state index contributed by atoms with van der Waals surface area (Å²) in [6.07, 6.45) is 1.48. The minimum absolute atomic E-state index is 0.0734. The second kappa shape index (κ2) is 10.3. The van der Waals surface area contributed by atoms with Crippen LogP contribution in [0, 0.1) is 13.8 Å². The first-order valence-electron chi connectivity index (χ1n) is 9.60. The molecule has 0 aliphatic rings. The molecule has 166 valence electrons. The number of carbonyl (C=O) groups is 1. The number of rotatable bonds is 7. The number of nitrogens with zero attached hydrogens (tertiary/aromatic N) is 2. The molecular formula is C23H21BrClN3O3S. The second-order valence-corrected chi connectivity index (χ2v) is 10.2. The van der Waals surface area contributed by atoms with Gasteiger partial charge in [0.15, 0.2) is 0 Å². The molecule has 0 aliphatic heterocycles. The summed E-state index contributed by atoms with van der Waals surface area (Å²) >= 11 is 9.63. The normalized spacial score (nSPS) is 11.5. The van der Waals surface area contributed by atoms with Gasteiger partial charge in [-0.3, -0.25) is 9.10 Å². The molecule has 0 aliphatic carbocycles. The van der Waals surface area contributed by atoms with Crippen molar-refractivity contribution in [3.63, 3.8) is 0 Å². The van der Waals surface area contributed by atoms with Crippen molar-refractivity contribution >= 4 is 55.4 Å². The van der Waals surface area contributed by atoms with E-state index < -0.39 is 22.5 Å². The molecule has 0 bridgehead atoms. The zero-order chi connectivity index (χ0) is 23.3. The van der Waals surface area contributed by atoms with Crippen LogP contribution in [0.2, 0.25) is 5.02 Å². The van der Waals surface area contributed by atoms with E-state index in [9.17, 15) is 13.2 Å². The first-order valence-corrected chi connectivity index (χ1v) is 12.2. The lowest BCUT2D eigenvalue weighted by atomic mass is 10.2. The first kappa shape index (κ1) is 24.0. The Morgan fingerprint density at radius 1 is 1.09 bits per heavy atom. The number of sulfonamides is 1. The van der Waals surface area contributed by atoms with Gasteiger partial charge in [0, 0.05) is 15.1 Å². The summed E-state index contributed by atoms with van der Waals surface area (Å²) in [5, 5.41) is 4.35. The van der Waals surface area contributed by atoms with Crippen LogP contribution < -0.4 is 9.73 Å². The van der Waals surface area contributed by atoms with Gasteiger partial charge in [0.05, 0.1) is 16.8 Å². The van der Waals surface area contributed by atoms with Gasteiger partial charge in [-0.15, -0.1) is 0 Å². The van der Waals surface area contributed by atoms with E-state index in [1.165, 1.54) is 24.4 Å². The predicted molar refractivity (Wildman–Crippen MR) is 132 cm³/mol. The molecule has 0 fully saturated rings. The molecule has 0 radical (unpaired) electrons. The number of hydrazone groups is 1. The monoisotopic (exact) mass is 533 g/mol. The highest BCUT2D eigenvalue weighted by Crippen LogP contribution is 2.28. The molecule has 3 aromatic rings. The Morgan fingerprint density at radius 3 is 2.44 bits per heavy atom. The number of halogens is 2. The van der Waals surface area contributed by atoms with Crippen LogP contribution in [0.5, 0.6) is 0 Å². The van der Waals surface area contributed by atoms with Crippen LogP contribution in [-0.4, -0.2) is 27.1 Å². The van der Waals surface area contributed by atoms with Crippen molar-refractivity contribution in [2.45, 2.75) is 18.7 Å². The summed E-state index contributed by atoms with van der Waals surface area (Å²) in [5.41, 5.74) is 5.16. The van der Waals surface area contributed by atoms with E-state index >= 15 is 0 Å². The lowest BCUT2D eigenvalue weighted by molar-refractivity contribution is -0.119. The topological polar surface area (TPSA) is 78.8 Å². The minimum Gasteiger partial charge on any atom is -0.271 e. The summed E-state index contributed by atoms with van der Waals surface area (Å²) in [5.74, 6) is -0.597. The van der Waals surface area contributed by atoms with Crippen molar-refractivity contribution in [1.82, 2.24) is 5.43 Å². The maximum absolute atomic E-state index is 13.4. The van der Waals surface area contributed by atoms with Crippen LogP contribution in [0.4, 0.5) is 5.69 Å². The third-order valence-corrected chi connectivity index (χ3v) is 7.56. The quantitative estimate of drug-likeness (QED) is 0.340. The van der Waals surface area contributed by atoms with E-state index in [1.54, 1.807) is 24.3 Å². The van der Waals surface area contributed by atoms with Crippen molar-refractivity contribution in [3.05, 3.63) is 92.9 Å². The number of anilines is 1. The summed E-state index contributed by atoms with van der Waals surface area (Å²) in [7, 11) is -4.02. The van der Waals surface area contributed by atoms with Crippen LogP contribution >= 0.6 is 27.5 Å². The Bertz CT molecular complexity index is 1260. The molecule has 1 N–H and O–H groups in total. The van der Waals surface area contributed by atoms with Crippen molar-refractivity contribution in [2.75, 3.05) is 10.8 Å². The number of carbonyl (C=O) groups excluding carboxylic acids is 1. The fourth-order valence-corrected chi connectivity index (χ4v) is 4.78. The molecule has 0 saturated carbocycles. The molecule has 32 heavy (non-hydrogen) atoms. The summed E-state index contributed by atoms with van der Waals surface area (Å²) in [6.45, 7) is 3.21. The number of benzene rings is 3. The average molecular weight is 535 g/mol. The Morgan fingerprint density at radius 2 is 1.78 bits per heavy atom. The Balaban J connectivity index is 1.88. The zero-order valence-corrected chi connectivity index (χ0v) is 20.6. The number of hydrogen-bond acceptors (Lipinski definition) is 4. The fraction of sp³-hybridized carbons (Fsp3) is 0.130. The summed E-state index contributed by atoms with van der Waals surface area (Å²) in [4.78, 5) is 12.7. The molecule has 0 atom stereocenters. The summed E-state index contributed by atoms with van der Waals surface area (Å²) < 4.78 is 28.6. The predicted octanol–water partition coefficient (Wildman–Crippen LogP) is 5.06. The average Bonchev–Trinajstić information content (AvgIpc) is 2.75. The van der Waals surface area contributed by atoms with Crippen LogP contribution in [0.25, 0.3) is 0 Å². The van der Waals surface area contributed by atoms with Gasteiger partial charge in [-0.1, -0.05) is 69.5 Å². The highest BCUT2D eigenvalue weighted by Gasteiger charge is 2.27. The third kappa shape index (κ3) is 5.76. The molecule has 9 heteroatoms. The Hall–Kier alpha value is -2.68. The number of amides is 1. The molecule has 6 nitrogen and oxygen atoms in total. The molecule has 0 spiro atoms. The van der Waals surface area contributed by atoms with Gasteiger partial charge in [-0.25, -0.2) is 13.8 Å². The second-order valence-electron chi connectivity index (χ2n) is 7.07. The lowest BCUT2D eigenvalue weighted by Gasteiger charge is -2.24. The fourth-order valence-electron chi connectivity index (χ4n) is 2.81. The van der Waals surface area contributed by atoms with E-state index in [2.05, 4.69) is 26.5 Å². The van der Waals surface area contributed by atoms with Gasteiger partial charge in [-0.05, 0) is 49.7 Å². The summed E-state index contributed by atoms with van der Waals surface area (Å²) in [6, 6.07) is 18.6. The number of hydrogen-bond donors (Lipinski definition) is 1. The number of aryl methyl sites for hydroxylation is 2. The Kier molecular flexibility index (Phi) is 7.71. The van der Waals surface area contributed by atoms with Crippen LogP contribution in [0.3, 0.4) is 0 Å². The smallest absolute Gasteiger partial charge is 0.264 e. The van der Waals surface area contributed by atoms with Crippen LogP contribution in [-0.2, 0) is 14.8 Å². The standard InChI is InChI=1S/C23H21BrClN3O3S/c1-16-7-11-20(12-8-16)32(30,31)28(19-10-9-17(2)22(25)13-19)15-23(29)27-26-14-18-5-3-4-6-21(18)24/h3-14H,15H2,1-2H3,(H,27,29)/b26-14-. The molecule has 0 unspecified atom stereocenters. The SMILES string of the molecule is Cc1ccc(S(=O)(=O)N(CC(=O)N/N=C\c2ccccc2Br)c2ccc(C)c(Cl)c2)cc1. The van der Waals surface area contributed by atoms with E-state index in [4.69, 9.17) is 11.6 Å². The van der Waals surface area contributed by atoms with Gasteiger partial charge >= 0.3 is 0 Å². The van der Waals surface area contributed by atoms with Crippen LogP contribution in [0.1, 0.15) is 16.7 Å². The van der Waals surface area contributed by atoms with E-state index in [-0.39, 0.29) is 10.6 Å².